The summed E-state index contributed by atoms with van der Waals surface area (Å²) in [6.45, 7) is 3.22. The Labute approximate surface area is 154 Å². The lowest BCUT2D eigenvalue weighted by molar-refractivity contribution is -0.114. The van der Waals surface area contributed by atoms with E-state index in [4.69, 9.17) is 11.6 Å². The molecular formula is C19H16ClN3O3. The number of anilines is 2. The van der Waals surface area contributed by atoms with Crippen LogP contribution in [0.3, 0.4) is 0 Å². The van der Waals surface area contributed by atoms with Crippen LogP contribution in [-0.2, 0) is 4.79 Å². The molecule has 0 radical (unpaired) electrons. The van der Waals surface area contributed by atoms with Crippen LogP contribution >= 0.6 is 11.6 Å². The Bertz CT molecular complexity index is 1070. The first-order chi connectivity index (χ1) is 12.4. The SMILES string of the molecule is CC(=O)Nc1ccc(NC(=O)c2c[nH]c3c(C)c(Cl)ccc3c2=O)cc1. The number of carbonyl (C=O) groups excluding carboxylic acids is 2. The summed E-state index contributed by atoms with van der Waals surface area (Å²) in [6.07, 6.45) is 1.38. The van der Waals surface area contributed by atoms with Crippen LogP contribution in [0.1, 0.15) is 22.8 Å². The highest BCUT2D eigenvalue weighted by atomic mass is 35.5. The van der Waals surface area contributed by atoms with Gasteiger partial charge in [-0.15, -0.1) is 0 Å². The minimum absolute atomic E-state index is 0.00478. The van der Waals surface area contributed by atoms with E-state index in [9.17, 15) is 14.4 Å². The van der Waals surface area contributed by atoms with Crippen molar-refractivity contribution >= 4 is 45.7 Å². The van der Waals surface area contributed by atoms with Gasteiger partial charge < -0.3 is 15.6 Å². The van der Waals surface area contributed by atoms with Crippen LogP contribution in [0.25, 0.3) is 10.9 Å². The highest BCUT2D eigenvalue weighted by molar-refractivity contribution is 6.32. The number of aryl methyl sites for hydroxylation is 1. The molecule has 1 aromatic heterocycles. The zero-order valence-corrected chi connectivity index (χ0v) is 14.9. The fourth-order valence-electron chi connectivity index (χ4n) is 2.62. The van der Waals surface area contributed by atoms with Gasteiger partial charge in [0, 0.05) is 34.9 Å². The molecule has 7 heteroatoms. The van der Waals surface area contributed by atoms with Crippen LogP contribution in [-0.4, -0.2) is 16.8 Å². The van der Waals surface area contributed by atoms with Gasteiger partial charge in [-0.3, -0.25) is 14.4 Å². The molecule has 0 fully saturated rings. The van der Waals surface area contributed by atoms with E-state index >= 15 is 0 Å². The molecule has 6 nitrogen and oxygen atoms in total. The Hall–Kier alpha value is -3.12. The summed E-state index contributed by atoms with van der Waals surface area (Å²) in [4.78, 5) is 39.1. The highest BCUT2D eigenvalue weighted by Crippen LogP contribution is 2.22. The van der Waals surface area contributed by atoms with Crippen molar-refractivity contribution in [3.05, 3.63) is 69.0 Å². The average Bonchev–Trinajstić information content (AvgIpc) is 2.60. The van der Waals surface area contributed by atoms with Crippen LogP contribution in [0.5, 0.6) is 0 Å². The third kappa shape index (κ3) is 3.45. The number of hydrogen-bond acceptors (Lipinski definition) is 3. The fraction of sp³-hybridized carbons (Fsp3) is 0.105. The fourth-order valence-corrected chi connectivity index (χ4v) is 2.78. The minimum atomic E-state index is -0.520. The van der Waals surface area contributed by atoms with Crippen LogP contribution in [0, 0.1) is 6.92 Å². The lowest BCUT2D eigenvalue weighted by atomic mass is 10.1. The van der Waals surface area contributed by atoms with Gasteiger partial charge in [-0.05, 0) is 48.9 Å². The number of benzene rings is 2. The van der Waals surface area contributed by atoms with Gasteiger partial charge in [0.05, 0.1) is 5.52 Å². The lowest BCUT2D eigenvalue weighted by Crippen LogP contribution is -2.22. The van der Waals surface area contributed by atoms with Gasteiger partial charge in [-0.2, -0.15) is 0 Å². The molecule has 0 atom stereocenters. The summed E-state index contributed by atoms with van der Waals surface area (Å²) >= 11 is 6.07. The predicted octanol–water partition coefficient (Wildman–Crippen LogP) is 3.70. The number of hydrogen-bond donors (Lipinski definition) is 3. The molecule has 0 aliphatic heterocycles. The first-order valence-corrected chi connectivity index (χ1v) is 8.24. The number of rotatable bonds is 3. The number of nitrogens with one attached hydrogen (secondary N) is 3. The molecule has 3 rings (SSSR count). The molecule has 0 saturated heterocycles. The van der Waals surface area contributed by atoms with Crippen LogP contribution < -0.4 is 16.1 Å². The Balaban J connectivity index is 1.88. The van der Waals surface area contributed by atoms with Gasteiger partial charge in [0.25, 0.3) is 5.91 Å². The first kappa shape index (κ1) is 17.7. The summed E-state index contributed by atoms with van der Waals surface area (Å²) in [5.74, 6) is -0.701. The predicted molar refractivity (Wildman–Crippen MR) is 103 cm³/mol. The molecule has 3 aromatic rings. The zero-order chi connectivity index (χ0) is 18.8. The Morgan fingerprint density at radius 3 is 2.23 bits per heavy atom. The van der Waals surface area contributed by atoms with E-state index < -0.39 is 5.91 Å². The van der Waals surface area contributed by atoms with Crippen molar-refractivity contribution in [1.82, 2.24) is 4.98 Å². The molecule has 0 bridgehead atoms. The van der Waals surface area contributed by atoms with Crippen LogP contribution in [0.15, 0.2) is 47.4 Å². The number of amides is 2. The summed E-state index contributed by atoms with van der Waals surface area (Å²) in [6, 6.07) is 9.84. The minimum Gasteiger partial charge on any atom is -0.360 e. The largest absolute Gasteiger partial charge is 0.360 e. The van der Waals surface area contributed by atoms with Gasteiger partial charge in [-0.1, -0.05) is 11.6 Å². The van der Waals surface area contributed by atoms with Gasteiger partial charge >= 0.3 is 0 Å². The van der Waals surface area contributed by atoms with Crippen molar-refractivity contribution in [1.29, 1.82) is 0 Å². The van der Waals surface area contributed by atoms with Crippen LogP contribution in [0.4, 0.5) is 11.4 Å². The number of pyridine rings is 1. The average molecular weight is 370 g/mol. The van der Waals surface area contributed by atoms with Gasteiger partial charge in [0.2, 0.25) is 11.3 Å². The van der Waals surface area contributed by atoms with E-state index in [1.165, 1.54) is 13.1 Å². The number of H-pyrrole nitrogens is 1. The number of fused-ring (bicyclic) bond motifs is 1. The second-order valence-corrected chi connectivity index (χ2v) is 6.25. The molecule has 3 N–H and O–H groups in total. The van der Waals surface area contributed by atoms with Crippen molar-refractivity contribution in [2.45, 2.75) is 13.8 Å². The molecule has 2 amide bonds. The van der Waals surface area contributed by atoms with E-state index in [0.29, 0.717) is 27.3 Å². The zero-order valence-electron chi connectivity index (χ0n) is 14.1. The van der Waals surface area contributed by atoms with E-state index in [1.54, 1.807) is 43.3 Å². The van der Waals surface area contributed by atoms with Crippen LogP contribution in [0.2, 0.25) is 5.02 Å². The molecule has 0 spiro atoms. The molecule has 0 aliphatic rings. The van der Waals surface area contributed by atoms with Gasteiger partial charge in [0.1, 0.15) is 5.56 Å². The molecule has 2 aromatic carbocycles. The topological polar surface area (TPSA) is 91.1 Å². The monoisotopic (exact) mass is 369 g/mol. The second-order valence-electron chi connectivity index (χ2n) is 5.84. The highest BCUT2D eigenvalue weighted by Gasteiger charge is 2.15. The first-order valence-electron chi connectivity index (χ1n) is 7.86. The third-order valence-corrected chi connectivity index (χ3v) is 4.37. The Morgan fingerprint density at radius 2 is 1.62 bits per heavy atom. The Morgan fingerprint density at radius 1 is 1.00 bits per heavy atom. The number of carbonyl (C=O) groups is 2. The maximum atomic E-state index is 12.6. The number of aromatic amines is 1. The molecule has 0 aliphatic carbocycles. The number of aromatic nitrogens is 1. The van der Waals surface area contributed by atoms with Gasteiger partial charge in [0.15, 0.2) is 0 Å². The molecule has 132 valence electrons. The maximum Gasteiger partial charge on any atom is 0.261 e. The maximum absolute atomic E-state index is 12.6. The summed E-state index contributed by atoms with van der Waals surface area (Å²) in [5, 5.41) is 6.26. The standard InChI is InChI=1S/C19H16ClN3O3/c1-10-16(20)8-7-14-17(10)21-9-15(18(14)25)19(26)23-13-5-3-12(4-6-13)22-11(2)24/h3-9H,1-2H3,(H,21,25)(H,22,24)(H,23,26). The molecule has 0 unspecified atom stereocenters. The lowest BCUT2D eigenvalue weighted by Gasteiger charge is -2.09. The van der Waals surface area contributed by atoms with Crippen molar-refractivity contribution in [3.63, 3.8) is 0 Å². The third-order valence-electron chi connectivity index (χ3n) is 3.96. The smallest absolute Gasteiger partial charge is 0.261 e. The van der Waals surface area contributed by atoms with Crippen molar-refractivity contribution in [2.24, 2.45) is 0 Å². The van der Waals surface area contributed by atoms with E-state index in [2.05, 4.69) is 15.6 Å². The Kier molecular flexibility index (Phi) is 4.77. The summed E-state index contributed by atoms with van der Waals surface area (Å²) in [5.41, 5.74) is 2.12. The van der Waals surface area contributed by atoms with Crippen molar-refractivity contribution in [3.8, 4) is 0 Å². The molecule has 1 heterocycles. The summed E-state index contributed by atoms with van der Waals surface area (Å²) in [7, 11) is 0. The molecular weight excluding hydrogens is 354 g/mol. The quantitative estimate of drug-likeness (QED) is 0.657. The number of halogens is 1. The summed E-state index contributed by atoms with van der Waals surface area (Å²) < 4.78 is 0. The van der Waals surface area contributed by atoms with Crippen molar-refractivity contribution < 1.29 is 9.59 Å². The normalized spacial score (nSPS) is 10.6. The molecule has 0 saturated carbocycles. The second kappa shape index (κ2) is 7.01. The van der Waals surface area contributed by atoms with Gasteiger partial charge in [-0.25, -0.2) is 0 Å². The van der Waals surface area contributed by atoms with E-state index in [1.807, 2.05) is 0 Å². The van der Waals surface area contributed by atoms with E-state index in [-0.39, 0.29) is 16.9 Å². The van der Waals surface area contributed by atoms with E-state index in [0.717, 1.165) is 5.56 Å². The molecule has 26 heavy (non-hydrogen) atoms. The van der Waals surface area contributed by atoms with Crippen molar-refractivity contribution in [2.75, 3.05) is 10.6 Å².